The van der Waals surface area contributed by atoms with Crippen molar-refractivity contribution in [1.82, 2.24) is 0 Å². The largest absolute Gasteiger partial charge is 0.494 e. The highest BCUT2D eigenvalue weighted by molar-refractivity contribution is 5.92. The molecule has 0 bridgehead atoms. The first kappa shape index (κ1) is 33.2. The van der Waals surface area contributed by atoms with Gasteiger partial charge in [0, 0.05) is 18.1 Å². The van der Waals surface area contributed by atoms with Gasteiger partial charge in [0.25, 0.3) is 0 Å². The second-order valence-electron chi connectivity index (χ2n) is 10.5. The summed E-state index contributed by atoms with van der Waals surface area (Å²) < 4.78 is 38.1. The predicted molar refractivity (Wildman–Crippen MR) is 165 cm³/mol. The van der Waals surface area contributed by atoms with E-state index in [1.54, 1.807) is 60.7 Å². The Balaban J connectivity index is 1.13. The molecule has 1 saturated heterocycles. The summed E-state index contributed by atoms with van der Waals surface area (Å²) in [5.41, 5.74) is 0.900. The molecule has 0 aliphatic carbocycles. The van der Waals surface area contributed by atoms with Crippen LogP contribution >= 0.6 is 0 Å². The number of carbonyl (C=O) groups is 3. The van der Waals surface area contributed by atoms with Crippen LogP contribution < -0.4 is 18.9 Å². The lowest BCUT2D eigenvalue weighted by atomic mass is 9.84. The van der Waals surface area contributed by atoms with Gasteiger partial charge in [-0.2, -0.15) is 0 Å². The van der Waals surface area contributed by atoms with Crippen molar-refractivity contribution in [1.29, 1.82) is 0 Å². The molecule has 0 atom stereocenters. The maximum Gasteiger partial charge on any atom is 0.343 e. The van der Waals surface area contributed by atoms with Gasteiger partial charge in [-0.15, -0.1) is 0 Å². The van der Waals surface area contributed by atoms with Crippen LogP contribution in [0.4, 0.5) is 0 Å². The van der Waals surface area contributed by atoms with Gasteiger partial charge in [0.2, 0.25) is 0 Å². The van der Waals surface area contributed by atoms with E-state index in [9.17, 15) is 14.4 Å². The number of hydrogen-bond donors (Lipinski definition) is 0. The third kappa shape index (κ3) is 10.5. The third-order valence-electron chi connectivity index (χ3n) is 7.11. The molecule has 0 amide bonds. The van der Waals surface area contributed by atoms with Gasteiger partial charge in [-0.05, 0) is 92.1 Å². The standard InChI is InChI=1S/C35H38O10/c1-3-32(36)43-22-21-42-29-13-9-27(10-14-29)34(38)45-31-17-15-30(16-18-31)44-33(37)26-7-11-28(12-8-26)41-20-6-5-19-39-23-35(4-2)24-40-25-35/h3,7-18H,1,4-6,19-25H2,2H3. The van der Waals surface area contributed by atoms with Crippen molar-refractivity contribution in [3.63, 3.8) is 0 Å². The fraction of sp³-hybridized carbons (Fsp3) is 0.343. The van der Waals surface area contributed by atoms with E-state index >= 15 is 0 Å². The van der Waals surface area contributed by atoms with Crippen LogP contribution in [0.5, 0.6) is 23.0 Å². The Morgan fingerprint density at radius 1 is 0.711 bits per heavy atom. The van der Waals surface area contributed by atoms with Crippen molar-refractivity contribution >= 4 is 17.9 Å². The first-order valence-corrected chi connectivity index (χ1v) is 14.8. The minimum Gasteiger partial charge on any atom is -0.494 e. The van der Waals surface area contributed by atoms with Gasteiger partial charge in [-0.1, -0.05) is 13.5 Å². The molecule has 10 heteroatoms. The molecule has 0 spiro atoms. The Morgan fingerprint density at radius 2 is 1.20 bits per heavy atom. The number of ether oxygens (including phenoxy) is 7. The number of unbranched alkanes of at least 4 members (excludes halogenated alkanes) is 1. The van der Waals surface area contributed by atoms with Gasteiger partial charge in [0.15, 0.2) is 0 Å². The maximum absolute atomic E-state index is 12.6. The third-order valence-corrected chi connectivity index (χ3v) is 7.11. The molecule has 0 N–H and O–H groups in total. The molecule has 3 aromatic rings. The summed E-state index contributed by atoms with van der Waals surface area (Å²) in [6.45, 7) is 9.30. The van der Waals surface area contributed by atoms with Crippen LogP contribution in [0.2, 0.25) is 0 Å². The van der Waals surface area contributed by atoms with E-state index in [4.69, 9.17) is 33.2 Å². The number of carbonyl (C=O) groups excluding carboxylic acids is 3. The minimum absolute atomic E-state index is 0.0787. The van der Waals surface area contributed by atoms with Crippen LogP contribution in [-0.2, 0) is 19.0 Å². The normalized spacial score (nSPS) is 13.2. The summed E-state index contributed by atoms with van der Waals surface area (Å²) in [4.78, 5) is 36.1. The fourth-order valence-corrected chi connectivity index (χ4v) is 4.21. The predicted octanol–water partition coefficient (Wildman–Crippen LogP) is 5.84. The quantitative estimate of drug-likeness (QED) is 0.0746. The Hall–Kier alpha value is -4.67. The topological polar surface area (TPSA) is 116 Å². The Labute approximate surface area is 262 Å². The van der Waals surface area contributed by atoms with E-state index in [0.29, 0.717) is 41.6 Å². The highest BCUT2D eigenvalue weighted by atomic mass is 16.6. The van der Waals surface area contributed by atoms with E-state index in [1.807, 2.05) is 0 Å². The second kappa shape index (κ2) is 17.0. The van der Waals surface area contributed by atoms with Gasteiger partial charge in [-0.25, -0.2) is 14.4 Å². The molecular weight excluding hydrogens is 580 g/mol. The summed E-state index contributed by atoms with van der Waals surface area (Å²) in [7, 11) is 0. The van der Waals surface area contributed by atoms with E-state index < -0.39 is 17.9 Å². The van der Waals surface area contributed by atoms with Gasteiger partial charge < -0.3 is 33.2 Å². The first-order chi connectivity index (χ1) is 21.9. The lowest BCUT2D eigenvalue weighted by molar-refractivity contribution is -0.150. The summed E-state index contributed by atoms with van der Waals surface area (Å²) in [5, 5.41) is 0. The van der Waals surface area contributed by atoms with E-state index in [2.05, 4.69) is 13.5 Å². The minimum atomic E-state index is -0.564. The molecule has 1 heterocycles. The Kier molecular flexibility index (Phi) is 12.5. The number of hydrogen-bond acceptors (Lipinski definition) is 10. The SMILES string of the molecule is C=CC(=O)OCCOc1ccc(C(=O)Oc2ccc(OC(=O)c3ccc(OCCCCOCC4(CC)COC4)cc3)cc2)cc1. The van der Waals surface area contributed by atoms with Crippen molar-refractivity contribution in [3.05, 3.63) is 96.6 Å². The molecule has 0 saturated carbocycles. The molecular formula is C35H38O10. The summed E-state index contributed by atoms with van der Waals surface area (Å²) in [6, 6.07) is 19.3. The molecule has 1 fully saturated rings. The number of rotatable bonds is 18. The zero-order valence-electron chi connectivity index (χ0n) is 25.4. The summed E-state index contributed by atoms with van der Waals surface area (Å²) in [5.74, 6) is 0.156. The van der Waals surface area contributed by atoms with Crippen LogP contribution in [0.15, 0.2) is 85.5 Å². The van der Waals surface area contributed by atoms with Crippen molar-refractivity contribution < 1.29 is 47.5 Å². The van der Waals surface area contributed by atoms with Crippen molar-refractivity contribution in [3.8, 4) is 23.0 Å². The van der Waals surface area contributed by atoms with Crippen molar-refractivity contribution in [2.75, 3.05) is 46.2 Å². The van der Waals surface area contributed by atoms with Crippen LogP contribution in [0.25, 0.3) is 0 Å². The maximum atomic E-state index is 12.6. The van der Waals surface area contributed by atoms with E-state index in [-0.39, 0.29) is 24.4 Å². The average Bonchev–Trinajstić information content (AvgIpc) is 3.05. The van der Waals surface area contributed by atoms with Crippen LogP contribution in [-0.4, -0.2) is 64.2 Å². The molecule has 4 rings (SSSR count). The number of benzene rings is 3. The molecule has 0 aromatic heterocycles. The molecule has 1 aliphatic rings. The molecule has 0 unspecified atom stereocenters. The summed E-state index contributed by atoms with van der Waals surface area (Å²) in [6.07, 6.45) is 3.92. The first-order valence-electron chi connectivity index (χ1n) is 14.8. The lowest BCUT2D eigenvalue weighted by Crippen LogP contribution is -2.45. The molecule has 45 heavy (non-hydrogen) atoms. The van der Waals surface area contributed by atoms with Gasteiger partial charge >= 0.3 is 17.9 Å². The Bertz CT molecular complexity index is 1390. The van der Waals surface area contributed by atoms with E-state index in [1.165, 1.54) is 12.1 Å². The lowest BCUT2D eigenvalue weighted by Gasteiger charge is -2.40. The number of esters is 3. The highest BCUT2D eigenvalue weighted by Crippen LogP contribution is 2.31. The monoisotopic (exact) mass is 618 g/mol. The van der Waals surface area contributed by atoms with Crippen LogP contribution in [0.3, 0.4) is 0 Å². The molecule has 3 aromatic carbocycles. The molecule has 1 aliphatic heterocycles. The van der Waals surface area contributed by atoms with Crippen LogP contribution in [0, 0.1) is 5.41 Å². The zero-order chi connectivity index (χ0) is 31.9. The Morgan fingerprint density at radius 3 is 1.67 bits per heavy atom. The average molecular weight is 619 g/mol. The highest BCUT2D eigenvalue weighted by Gasteiger charge is 2.36. The van der Waals surface area contributed by atoms with Crippen molar-refractivity contribution in [2.45, 2.75) is 26.2 Å². The molecule has 0 radical (unpaired) electrons. The fourth-order valence-electron chi connectivity index (χ4n) is 4.21. The van der Waals surface area contributed by atoms with Gasteiger partial charge in [0.05, 0.1) is 37.6 Å². The molecule has 10 nitrogen and oxygen atoms in total. The summed E-state index contributed by atoms with van der Waals surface area (Å²) >= 11 is 0. The second-order valence-corrected chi connectivity index (χ2v) is 10.5. The van der Waals surface area contributed by atoms with Gasteiger partial charge in [-0.3, -0.25) is 0 Å². The van der Waals surface area contributed by atoms with Crippen LogP contribution in [0.1, 0.15) is 46.9 Å². The van der Waals surface area contributed by atoms with E-state index in [0.717, 1.165) is 45.2 Å². The smallest absolute Gasteiger partial charge is 0.343 e. The van der Waals surface area contributed by atoms with Gasteiger partial charge in [0.1, 0.15) is 36.2 Å². The zero-order valence-corrected chi connectivity index (χ0v) is 25.4. The molecule has 238 valence electrons. The van der Waals surface area contributed by atoms with Crippen molar-refractivity contribution in [2.24, 2.45) is 5.41 Å².